The van der Waals surface area contributed by atoms with Crippen molar-refractivity contribution in [1.29, 1.82) is 0 Å². The second kappa shape index (κ2) is 6.66. The Balaban J connectivity index is 2.13. The van der Waals surface area contributed by atoms with Gasteiger partial charge in [-0.25, -0.2) is 4.98 Å². The van der Waals surface area contributed by atoms with Crippen molar-refractivity contribution in [3.63, 3.8) is 0 Å². The summed E-state index contributed by atoms with van der Waals surface area (Å²) in [7, 11) is 0. The van der Waals surface area contributed by atoms with Gasteiger partial charge in [0.15, 0.2) is 0 Å². The van der Waals surface area contributed by atoms with E-state index in [9.17, 15) is 0 Å². The highest BCUT2D eigenvalue weighted by molar-refractivity contribution is 7.99. The molecule has 19 heavy (non-hydrogen) atoms. The van der Waals surface area contributed by atoms with E-state index in [0.29, 0.717) is 0 Å². The lowest BCUT2D eigenvalue weighted by atomic mass is 10.2. The van der Waals surface area contributed by atoms with Crippen LogP contribution in [0.3, 0.4) is 0 Å². The molecule has 0 fully saturated rings. The van der Waals surface area contributed by atoms with Gasteiger partial charge in [-0.1, -0.05) is 37.3 Å². The number of nitrogen functional groups attached to an aromatic ring is 1. The zero-order valence-electron chi connectivity index (χ0n) is 11.6. The second-order valence-electron chi connectivity index (χ2n) is 4.51. The van der Waals surface area contributed by atoms with E-state index in [4.69, 9.17) is 5.73 Å². The van der Waals surface area contributed by atoms with Crippen LogP contribution in [0.2, 0.25) is 0 Å². The molecule has 0 aliphatic rings. The zero-order chi connectivity index (χ0) is 13.7. The Bertz CT molecular complexity index is 520. The standard InChI is InChI=1S/C15H21N3S/c1-3-19-10-9-14-15(16)18(12(2)17-14)11-13-7-5-4-6-8-13/h4-8H,3,9-11,16H2,1-2H3. The summed E-state index contributed by atoms with van der Waals surface area (Å²) in [6, 6.07) is 10.4. The fourth-order valence-corrected chi connectivity index (χ4v) is 2.73. The largest absolute Gasteiger partial charge is 0.384 e. The van der Waals surface area contributed by atoms with E-state index in [2.05, 4.69) is 40.7 Å². The number of anilines is 1. The van der Waals surface area contributed by atoms with E-state index in [0.717, 1.165) is 41.8 Å². The smallest absolute Gasteiger partial charge is 0.127 e. The van der Waals surface area contributed by atoms with Crippen molar-refractivity contribution in [2.24, 2.45) is 0 Å². The molecule has 0 amide bonds. The molecule has 0 saturated heterocycles. The molecule has 102 valence electrons. The average molecular weight is 275 g/mol. The fourth-order valence-electron chi connectivity index (χ4n) is 2.11. The number of thioether (sulfide) groups is 1. The summed E-state index contributed by atoms with van der Waals surface area (Å²) in [5, 5.41) is 0. The molecule has 4 heteroatoms. The molecule has 0 bridgehead atoms. The van der Waals surface area contributed by atoms with E-state index in [1.54, 1.807) is 0 Å². The van der Waals surface area contributed by atoms with Crippen LogP contribution in [0.4, 0.5) is 5.82 Å². The third-order valence-electron chi connectivity index (χ3n) is 3.14. The minimum absolute atomic E-state index is 0.798. The molecule has 2 rings (SSSR count). The molecule has 0 aliphatic carbocycles. The highest BCUT2D eigenvalue weighted by Gasteiger charge is 2.11. The van der Waals surface area contributed by atoms with E-state index >= 15 is 0 Å². The number of rotatable bonds is 6. The average Bonchev–Trinajstić information content (AvgIpc) is 2.68. The summed E-state index contributed by atoms with van der Waals surface area (Å²) in [5.74, 6) is 4.04. The summed E-state index contributed by atoms with van der Waals surface area (Å²) in [6.07, 6.45) is 0.951. The van der Waals surface area contributed by atoms with E-state index in [-0.39, 0.29) is 0 Å². The number of nitrogens with two attached hydrogens (primary N) is 1. The monoisotopic (exact) mass is 275 g/mol. The molecule has 0 spiro atoms. The second-order valence-corrected chi connectivity index (χ2v) is 5.90. The van der Waals surface area contributed by atoms with Gasteiger partial charge in [0.2, 0.25) is 0 Å². The minimum atomic E-state index is 0.798. The number of benzene rings is 1. The van der Waals surface area contributed by atoms with Crippen molar-refractivity contribution in [1.82, 2.24) is 9.55 Å². The number of hydrogen-bond donors (Lipinski definition) is 1. The summed E-state index contributed by atoms with van der Waals surface area (Å²) < 4.78 is 2.10. The van der Waals surface area contributed by atoms with Crippen molar-refractivity contribution in [3.8, 4) is 0 Å². The van der Waals surface area contributed by atoms with E-state index < -0.39 is 0 Å². The van der Waals surface area contributed by atoms with Gasteiger partial charge in [-0.3, -0.25) is 0 Å². The Morgan fingerprint density at radius 2 is 2.00 bits per heavy atom. The van der Waals surface area contributed by atoms with Crippen LogP contribution in [0.5, 0.6) is 0 Å². The van der Waals surface area contributed by atoms with Gasteiger partial charge in [0.1, 0.15) is 11.6 Å². The number of hydrogen-bond acceptors (Lipinski definition) is 3. The van der Waals surface area contributed by atoms with Crippen molar-refractivity contribution >= 4 is 17.6 Å². The maximum Gasteiger partial charge on any atom is 0.127 e. The van der Waals surface area contributed by atoms with Crippen LogP contribution in [0.15, 0.2) is 30.3 Å². The normalized spacial score (nSPS) is 10.8. The highest BCUT2D eigenvalue weighted by Crippen LogP contribution is 2.18. The Morgan fingerprint density at radius 3 is 2.68 bits per heavy atom. The predicted octanol–water partition coefficient (Wildman–Crippen LogP) is 3.12. The van der Waals surface area contributed by atoms with Gasteiger partial charge in [-0.2, -0.15) is 11.8 Å². The number of aryl methyl sites for hydroxylation is 2. The van der Waals surface area contributed by atoms with Gasteiger partial charge in [-0.05, 0) is 24.0 Å². The third kappa shape index (κ3) is 3.53. The number of aromatic nitrogens is 2. The molecule has 0 aliphatic heterocycles. The Morgan fingerprint density at radius 1 is 1.26 bits per heavy atom. The molecule has 0 radical (unpaired) electrons. The van der Waals surface area contributed by atoms with Crippen LogP contribution < -0.4 is 5.73 Å². The van der Waals surface area contributed by atoms with Gasteiger partial charge < -0.3 is 10.3 Å². The summed E-state index contributed by atoms with van der Waals surface area (Å²) in [4.78, 5) is 4.60. The quantitative estimate of drug-likeness (QED) is 0.824. The van der Waals surface area contributed by atoms with Crippen LogP contribution in [-0.2, 0) is 13.0 Å². The summed E-state index contributed by atoms with van der Waals surface area (Å²) in [6.45, 7) is 5.00. The van der Waals surface area contributed by atoms with Crippen molar-refractivity contribution < 1.29 is 0 Å². The third-order valence-corrected chi connectivity index (χ3v) is 4.05. The molecule has 1 aromatic carbocycles. The maximum atomic E-state index is 6.23. The Kier molecular flexibility index (Phi) is 4.91. The molecule has 3 nitrogen and oxygen atoms in total. The van der Waals surface area contributed by atoms with E-state index in [1.165, 1.54) is 5.56 Å². The lowest BCUT2D eigenvalue weighted by Gasteiger charge is -2.08. The number of imidazole rings is 1. The van der Waals surface area contributed by atoms with Gasteiger partial charge in [-0.15, -0.1) is 0 Å². The van der Waals surface area contributed by atoms with Crippen LogP contribution in [0, 0.1) is 6.92 Å². The first-order valence-electron chi connectivity index (χ1n) is 6.65. The molecular weight excluding hydrogens is 254 g/mol. The van der Waals surface area contributed by atoms with Crippen molar-refractivity contribution in [3.05, 3.63) is 47.4 Å². The first-order valence-corrected chi connectivity index (χ1v) is 7.81. The highest BCUT2D eigenvalue weighted by atomic mass is 32.2. The van der Waals surface area contributed by atoms with E-state index in [1.807, 2.05) is 24.8 Å². The molecule has 1 aromatic heterocycles. The van der Waals surface area contributed by atoms with Crippen LogP contribution in [0.1, 0.15) is 24.0 Å². The van der Waals surface area contributed by atoms with Gasteiger partial charge >= 0.3 is 0 Å². The van der Waals surface area contributed by atoms with Gasteiger partial charge in [0.25, 0.3) is 0 Å². The topological polar surface area (TPSA) is 43.8 Å². The fraction of sp³-hybridized carbons (Fsp3) is 0.400. The molecule has 0 unspecified atom stereocenters. The molecule has 0 atom stereocenters. The SMILES string of the molecule is CCSCCc1nc(C)n(Cc2ccccc2)c1N. The number of nitrogens with zero attached hydrogens (tertiary/aromatic N) is 2. The van der Waals surface area contributed by atoms with Gasteiger partial charge in [0, 0.05) is 6.42 Å². The predicted molar refractivity (Wildman–Crippen MR) is 83.6 cm³/mol. The first kappa shape index (κ1) is 14.0. The zero-order valence-corrected chi connectivity index (χ0v) is 12.4. The van der Waals surface area contributed by atoms with Crippen LogP contribution in [0.25, 0.3) is 0 Å². The lowest BCUT2D eigenvalue weighted by molar-refractivity contribution is 0.771. The van der Waals surface area contributed by atoms with Gasteiger partial charge in [0.05, 0.1) is 12.2 Å². The molecular formula is C15H21N3S. The molecule has 1 heterocycles. The van der Waals surface area contributed by atoms with Crippen LogP contribution in [-0.4, -0.2) is 21.1 Å². The lowest BCUT2D eigenvalue weighted by Crippen LogP contribution is -2.07. The van der Waals surface area contributed by atoms with Crippen LogP contribution >= 0.6 is 11.8 Å². The maximum absolute atomic E-state index is 6.23. The Hall–Kier alpha value is -1.42. The minimum Gasteiger partial charge on any atom is -0.384 e. The summed E-state index contributed by atoms with van der Waals surface area (Å²) in [5.41, 5.74) is 8.52. The Labute approximate surface area is 119 Å². The summed E-state index contributed by atoms with van der Waals surface area (Å²) >= 11 is 1.93. The van der Waals surface area contributed by atoms with Crippen molar-refractivity contribution in [2.45, 2.75) is 26.8 Å². The molecule has 2 aromatic rings. The van der Waals surface area contributed by atoms with Crippen molar-refractivity contribution in [2.75, 3.05) is 17.2 Å². The molecule has 0 saturated carbocycles. The first-order chi connectivity index (χ1) is 9.22. The molecule has 2 N–H and O–H groups in total.